The van der Waals surface area contributed by atoms with E-state index < -0.39 is 5.97 Å². The molecule has 0 amide bonds. The lowest BCUT2D eigenvalue weighted by atomic mass is 10.0. The van der Waals surface area contributed by atoms with Gasteiger partial charge < -0.3 is 10.0 Å². The zero-order chi connectivity index (χ0) is 7.14. The fraction of sp³-hybridized carbons (Fsp3) is 0.571. The van der Waals surface area contributed by atoms with E-state index in [-0.39, 0.29) is 12.4 Å². The Balaban J connectivity index is 0.000000605. The normalized spacial score (nSPS) is 26.4. The summed E-state index contributed by atoms with van der Waals surface area (Å²) in [6, 6.07) is 0.520. The van der Waals surface area contributed by atoms with Crippen LogP contribution in [0.15, 0.2) is 11.8 Å². The number of carboxylic acid groups (broad SMARTS) is 1. The molecule has 0 aliphatic carbocycles. The third-order valence-corrected chi connectivity index (χ3v) is 2.26. The predicted molar refractivity (Wildman–Crippen MR) is 42.7 cm³/mol. The number of carbonyl (C=O) groups is 1. The van der Waals surface area contributed by atoms with Gasteiger partial charge in [0.15, 0.2) is 0 Å². The summed E-state index contributed by atoms with van der Waals surface area (Å²) in [6.45, 7) is 0.933. The molecule has 4 heteroatoms. The van der Waals surface area contributed by atoms with Crippen molar-refractivity contribution in [2.75, 3.05) is 6.54 Å². The Morgan fingerprint density at radius 2 is 2.45 bits per heavy atom. The number of aliphatic carboxylic acids is 1. The average Bonchev–Trinajstić information content (AvgIpc) is 2.07. The number of rotatable bonds is 1. The van der Waals surface area contributed by atoms with Crippen molar-refractivity contribution in [1.82, 2.24) is 4.90 Å². The zero-order valence-corrected chi connectivity index (χ0v) is 6.80. The topological polar surface area (TPSA) is 40.5 Å². The molecule has 0 bridgehead atoms. The van der Waals surface area contributed by atoms with Crippen molar-refractivity contribution in [3.05, 3.63) is 11.8 Å². The average molecular weight is 176 g/mol. The van der Waals surface area contributed by atoms with Gasteiger partial charge in [-0.25, -0.2) is 4.79 Å². The van der Waals surface area contributed by atoms with Crippen molar-refractivity contribution in [2.45, 2.75) is 18.9 Å². The molecule has 0 saturated carbocycles. The van der Waals surface area contributed by atoms with Crippen LogP contribution in [-0.4, -0.2) is 28.6 Å². The van der Waals surface area contributed by atoms with Crippen LogP contribution >= 0.6 is 12.4 Å². The number of hydrogen-bond donors (Lipinski definition) is 1. The first-order valence-corrected chi connectivity index (χ1v) is 3.49. The molecule has 2 aliphatic rings. The minimum Gasteiger partial charge on any atom is -0.477 e. The van der Waals surface area contributed by atoms with Gasteiger partial charge in [-0.2, -0.15) is 0 Å². The number of nitrogens with zero attached hydrogens (tertiary/aromatic N) is 1. The van der Waals surface area contributed by atoms with Gasteiger partial charge in [0, 0.05) is 12.6 Å². The third-order valence-electron chi connectivity index (χ3n) is 2.26. The molecule has 1 unspecified atom stereocenters. The second-order valence-electron chi connectivity index (χ2n) is 2.77. The molecule has 0 aromatic heterocycles. The molecule has 2 heterocycles. The highest BCUT2D eigenvalue weighted by Crippen LogP contribution is 2.31. The fourth-order valence-corrected chi connectivity index (χ4v) is 1.58. The summed E-state index contributed by atoms with van der Waals surface area (Å²) in [7, 11) is 0. The number of hydrogen-bond acceptors (Lipinski definition) is 2. The van der Waals surface area contributed by atoms with Crippen molar-refractivity contribution in [3.63, 3.8) is 0 Å². The van der Waals surface area contributed by atoms with Gasteiger partial charge in [0.2, 0.25) is 0 Å². The molecule has 0 spiro atoms. The summed E-state index contributed by atoms with van der Waals surface area (Å²) in [5, 5.41) is 8.63. The van der Waals surface area contributed by atoms with E-state index in [0.717, 1.165) is 19.4 Å². The van der Waals surface area contributed by atoms with Crippen LogP contribution < -0.4 is 0 Å². The van der Waals surface area contributed by atoms with Crippen LogP contribution in [0.4, 0.5) is 0 Å². The van der Waals surface area contributed by atoms with Gasteiger partial charge in [0.1, 0.15) is 5.70 Å². The molecule has 0 aromatic rings. The highest BCUT2D eigenvalue weighted by atomic mass is 35.5. The minimum atomic E-state index is -0.776. The molecule has 0 aromatic carbocycles. The Labute approximate surface area is 71.1 Å². The van der Waals surface area contributed by atoms with E-state index >= 15 is 0 Å². The van der Waals surface area contributed by atoms with Crippen LogP contribution in [0.25, 0.3) is 0 Å². The van der Waals surface area contributed by atoms with Crippen molar-refractivity contribution >= 4 is 18.4 Å². The van der Waals surface area contributed by atoms with Gasteiger partial charge in [-0.1, -0.05) is 6.08 Å². The number of fused-ring (bicyclic) bond motifs is 1. The molecule has 3 nitrogen and oxygen atoms in total. The first-order chi connectivity index (χ1) is 4.79. The summed E-state index contributed by atoms with van der Waals surface area (Å²) in [5.74, 6) is -0.776. The molecule has 2 rings (SSSR count). The van der Waals surface area contributed by atoms with Crippen LogP contribution in [0.2, 0.25) is 0 Å². The largest absolute Gasteiger partial charge is 0.477 e. The van der Waals surface area contributed by atoms with E-state index in [1.807, 2.05) is 11.0 Å². The van der Waals surface area contributed by atoms with Gasteiger partial charge in [-0.05, 0) is 12.8 Å². The van der Waals surface area contributed by atoms with Crippen LogP contribution in [0.5, 0.6) is 0 Å². The van der Waals surface area contributed by atoms with E-state index in [9.17, 15) is 4.79 Å². The van der Waals surface area contributed by atoms with Crippen molar-refractivity contribution < 1.29 is 9.90 Å². The lowest BCUT2D eigenvalue weighted by Gasteiger charge is -2.37. The fourth-order valence-electron chi connectivity index (χ4n) is 1.58. The molecule has 1 N–H and O–H groups in total. The maximum atomic E-state index is 10.5. The van der Waals surface area contributed by atoms with Crippen LogP contribution in [-0.2, 0) is 4.79 Å². The maximum absolute atomic E-state index is 10.5. The zero-order valence-electron chi connectivity index (χ0n) is 5.99. The highest BCUT2D eigenvalue weighted by molar-refractivity contribution is 5.86. The van der Waals surface area contributed by atoms with Gasteiger partial charge >= 0.3 is 5.97 Å². The van der Waals surface area contributed by atoms with Crippen molar-refractivity contribution in [1.29, 1.82) is 0 Å². The smallest absolute Gasteiger partial charge is 0.351 e. The molecular weight excluding hydrogens is 166 g/mol. The van der Waals surface area contributed by atoms with E-state index in [1.54, 1.807) is 0 Å². The molecular formula is C7H10ClNO2. The van der Waals surface area contributed by atoms with Crippen LogP contribution in [0.1, 0.15) is 12.8 Å². The second-order valence-corrected chi connectivity index (χ2v) is 2.77. The molecule has 62 valence electrons. The lowest BCUT2D eigenvalue weighted by Crippen LogP contribution is -2.44. The summed E-state index contributed by atoms with van der Waals surface area (Å²) < 4.78 is 0. The Morgan fingerprint density at radius 1 is 1.73 bits per heavy atom. The standard InChI is InChI=1S/C7H9NO2.ClH/c9-7(10)6-2-1-5-3-4-8(5)6;/h2,5H,1,3-4H2,(H,9,10);1H. The van der Waals surface area contributed by atoms with Gasteiger partial charge in [0.25, 0.3) is 0 Å². The first-order valence-electron chi connectivity index (χ1n) is 3.49. The summed E-state index contributed by atoms with van der Waals surface area (Å²) >= 11 is 0. The summed E-state index contributed by atoms with van der Waals surface area (Å²) in [5.41, 5.74) is 0.510. The second kappa shape index (κ2) is 2.74. The van der Waals surface area contributed by atoms with Crippen LogP contribution in [0.3, 0.4) is 0 Å². The molecule has 1 atom stereocenters. The quantitative estimate of drug-likeness (QED) is 0.643. The van der Waals surface area contributed by atoms with E-state index in [0.29, 0.717) is 11.7 Å². The number of carboxylic acids is 1. The highest BCUT2D eigenvalue weighted by Gasteiger charge is 2.36. The molecule has 0 radical (unpaired) electrons. The third kappa shape index (κ3) is 1.09. The molecule has 2 aliphatic heterocycles. The molecule has 1 fully saturated rings. The van der Waals surface area contributed by atoms with E-state index in [2.05, 4.69) is 0 Å². The Kier molecular flexibility index (Phi) is 2.09. The van der Waals surface area contributed by atoms with Gasteiger partial charge in [-0.15, -0.1) is 12.4 Å². The summed E-state index contributed by atoms with van der Waals surface area (Å²) in [6.07, 6.45) is 3.91. The minimum absolute atomic E-state index is 0. The Hall–Kier alpha value is -0.700. The van der Waals surface area contributed by atoms with Gasteiger partial charge in [0.05, 0.1) is 0 Å². The van der Waals surface area contributed by atoms with E-state index in [4.69, 9.17) is 5.11 Å². The van der Waals surface area contributed by atoms with Crippen LogP contribution in [0, 0.1) is 0 Å². The SMILES string of the molecule is Cl.O=C(O)C1=CCC2CCN12. The molecule has 11 heavy (non-hydrogen) atoms. The van der Waals surface area contributed by atoms with E-state index in [1.165, 1.54) is 0 Å². The number of halogens is 1. The lowest BCUT2D eigenvalue weighted by molar-refractivity contribution is -0.135. The van der Waals surface area contributed by atoms with Crippen molar-refractivity contribution in [2.24, 2.45) is 0 Å². The molecule has 1 saturated heterocycles. The van der Waals surface area contributed by atoms with Gasteiger partial charge in [-0.3, -0.25) is 0 Å². The Morgan fingerprint density at radius 3 is 2.73 bits per heavy atom. The Bertz CT molecular complexity index is 214. The predicted octanol–water partition coefficient (Wildman–Crippen LogP) is 0.855. The summed E-state index contributed by atoms with van der Waals surface area (Å²) in [4.78, 5) is 12.4. The maximum Gasteiger partial charge on any atom is 0.351 e. The first kappa shape index (κ1) is 8.40. The van der Waals surface area contributed by atoms with Crippen molar-refractivity contribution in [3.8, 4) is 0 Å². The monoisotopic (exact) mass is 175 g/mol.